The van der Waals surface area contributed by atoms with Crippen molar-refractivity contribution >= 4 is 16.0 Å². The number of nitrogens with one attached hydrogen (secondary N) is 1. The zero-order chi connectivity index (χ0) is 14.2. The maximum Gasteiger partial charge on any atom is 0.310 e. The smallest absolute Gasteiger partial charge is 0.310 e. The Morgan fingerprint density at radius 2 is 1.89 bits per heavy atom. The molecule has 1 rings (SSSR count). The van der Waals surface area contributed by atoms with Crippen molar-refractivity contribution in [2.75, 3.05) is 0 Å². The quantitative estimate of drug-likeness (QED) is 0.823. The van der Waals surface area contributed by atoms with Gasteiger partial charge in [0.05, 0.1) is 10.2 Å². The average Bonchev–Trinajstić information content (AvgIpc) is 2.19. The van der Waals surface area contributed by atoms with Gasteiger partial charge in [-0.15, -0.1) is 0 Å². The Hall–Kier alpha value is -0.620. The highest BCUT2D eigenvalue weighted by Crippen LogP contribution is 2.37. The highest BCUT2D eigenvalue weighted by atomic mass is 32.2. The van der Waals surface area contributed by atoms with E-state index in [4.69, 9.17) is 0 Å². The van der Waals surface area contributed by atoms with Crippen LogP contribution in [0.3, 0.4) is 0 Å². The van der Waals surface area contributed by atoms with Crippen LogP contribution in [-0.4, -0.2) is 30.3 Å². The van der Waals surface area contributed by atoms with Gasteiger partial charge < -0.3 is 5.11 Å². The molecule has 6 heteroatoms. The molecule has 1 aliphatic rings. The fourth-order valence-electron chi connectivity index (χ4n) is 2.14. The summed E-state index contributed by atoms with van der Waals surface area (Å²) in [4.78, 5) is 11.4. The van der Waals surface area contributed by atoms with E-state index in [-0.39, 0.29) is 0 Å². The largest absolute Gasteiger partial charge is 0.481 e. The minimum Gasteiger partial charge on any atom is -0.481 e. The van der Waals surface area contributed by atoms with Crippen LogP contribution < -0.4 is 4.72 Å². The summed E-state index contributed by atoms with van der Waals surface area (Å²) in [7, 11) is -3.52. The maximum absolute atomic E-state index is 12.1. The lowest BCUT2D eigenvalue weighted by atomic mass is 9.72. The zero-order valence-electron chi connectivity index (χ0n) is 11.5. The summed E-state index contributed by atoms with van der Waals surface area (Å²) >= 11 is 0. The van der Waals surface area contributed by atoms with Gasteiger partial charge >= 0.3 is 5.97 Å². The molecule has 0 aromatic heterocycles. The van der Waals surface area contributed by atoms with Crippen molar-refractivity contribution in [1.29, 1.82) is 0 Å². The number of aliphatic carboxylic acids is 1. The van der Waals surface area contributed by atoms with Crippen molar-refractivity contribution < 1.29 is 18.3 Å². The topological polar surface area (TPSA) is 83.5 Å². The fourth-order valence-corrected chi connectivity index (χ4v) is 3.25. The van der Waals surface area contributed by atoms with Crippen LogP contribution in [0.25, 0.3) is 0 Å². The molecule has 1 aliphatic carbocycles. The second kappa shape index (κ2) is 4.81. The third-order valence-electron chi connectivity index (χ3n) is 3.80. The molecular formula is C12H23NO4S. The van der Waals surface area contributed by atoms with Crippen LogP contribution in [-0.2, 0) is 14.8 Å². The minimum absolute atomic E-state index is 0.514. The van der Waals surface area contributed by atoms with Gasteiger partial charge in [0.1, 0.15) is 0 Å². The molecule has 106 valence electrons. The van der Waals surface area contributed by atoms with Gasteiger partial charge in [-0.05, 0) is 40.5 Å². The monoisotopic (exact) mass is 277 g/mol. The summed E-state index contributed by atoms with van der Waals surface area (Å²) in [6.45, 7) is 6.45. The molecule has 0 amide bonds. The number of carbonyl (C=O) groups is 1. The Balaban J connectivity index is 2.98. The van der Waals surface area contributed by atoms with Gasteiger partial charge in [-0.1, -0.05) is 12.8 Å². The van der Waals surface area contributed by atoms with E-state index in [1.165, 1.54) is 0 Å². The minimum atomic E-state index is -3.52. The first-order chi connectivity index (χ1) is 8.01. The lowest BCUT2D eigenvalue weighted by molar-refractivity contribution is -0.151. The van der Waals surface area contributed by atoms with Gasteiger partial charge in [0.25, 0.3) is 0 Å². The van der Waals surface area contributed by atoms with E-state index in [1.54, 1.807) is 27.7 Å². The van der Waals surface area contributed by atoms with Crippen molar-refractivity contribution in [2.24, 2.45) is 5.41 Å². The number of hydrogen-bond acceptors (Lipinski definition) is 3. The lowest BCUT2D eigenvalue weighted by Gasteiger charge is -2.39. The Morgan fingerprint density at radius 3 is 2.33 bits per heavy atom. The molecular weight excluding hydrogens is 254 g/mol. The summed E-state index contributed by atoms with van der Waals surface area (Å²) in [6.07, 6.45) is 2.79. The molecule has 0 aromatic carbocycles. The zero-order valence-corrected chi connectivity index (χ0v) is 12.3. The number of carboxylic acids is 1. The Bertz CT molecular complexity index is 424. The summed E-state index contributed by atoms with van der Waals surface area (Å²) in [5.41, 5.74) is -1.00. The average molecular weight is 277 g/mol. The molecule has 0 aliphatic heterocycles. The van der Waals surface area contributed by atoms with E-state index < -0.39 is 32.2 Å². The molecule has 0 spiro atoms. The van der Waals surface area contributed by atoms with Gasteiger partial charge in [-0.3, -0.25) is 4.79 Å². The second-order valence-corrected chi connectivity index (χ2v) is 8.72. The summed E-state index contributed by atoms with van der Waals surface area (Å²) < 4.78 is 25.9. The van der Waals surface area contributed by atoms with Gasteiger partial charge in [0, 0.05) is 6.04 Å². The molecule has 1 saturated carbocycles. The molecule has 2 unspecified atom stereocenters. The predicted octanol–water partition coefficient (Wildman–Crippen LogP) is 1.74. The van der Waals surface area contributed by atoms with E-state index in [2.05, 4.69) is 4.72 Å². The number of carboxylic acid groups (broad SMARTS) is 1. The Kier molecular flexibility index (Phi) is 4.13. The maximum atomic E-state index is 12.1. The van der Waals surface area contributed by atoms with Crippen molar-refractivity contribution in [3.63, 3.8) is 0 Å². The Labute approximate surface area is 109 Å². The third kappa shape index (κ3) is 2.85. The summed E-state index contributed by atoms with van der Waals surface area (Å²) in [5, 5.41) is 9.33. The molecule has 0 aromatic rings. The molecule has 0 saturated heterocycles. The number of hydrogen-bond donors (Lipinski definition) is 2. The second-order valence-electron chi connectivity index (χ2n) is 6.25. The van der Waals surface area contributed by atoms with Crippen molar-refractivity contribution in [3.8, 4) is 0 Å². The van der Waals surface area contributed by atoms with Crippen molar-refractivity contribution in [2.45, 2.75) is 64.2 Å². The van der Waals surface area contributed by atoms with E-state index in [0.29, 0.717) is 12.8 Å². The third-order valence-corrected chi connectivity index (χ3v) is 6.01. The van der Waals surface area contributed by atoms with Gasteiger partial charge in [0.2, 0.25) is 10.0 Å². The molecule has 0 heterocycles. The SMILES string of the molecule is CC1(C(=O)O)CCCCC1NS(=O)(=O)C(C)(C)C. The van der Waals surface area contributed by atoms with Crippen molar-refractivity contribution in [3.05, 3.63) is 0 Å². The highest BCUT2D eigenvalue weighted by Gasteiger charge is 2.46. The van der Waals surface area contributed by atoms with E-state index in [9.17, 15) is 18.3 Å². The summed E-state index contributed by atoms with van der Waals surface area (Å²) in [6, 6.07) is -0.520. The normalized spacial score (nSPS) is 30.1. The van der Waals surface area contributed by atoms with Gasteiger partial charge in [-0.2, -0.15) is 0 Å². The van der Waals surface area contributed by atoms with Gasteiger partial charge in [0.15, 0.2) is 0 Å². The van der Waals surface area contributed by atoms with E-state index >= 15 is 0 Å². The molecule has 2 N–H and O–H groups in total. The Morgan fingerprint density at radius 1 is 1.33 bits per heavy atom. The highest BCUT2D eigenvalue weighted by molar-refractivity contribution is 7.90. The predicted molar refractivity (Wildman–Crippen MR) is 69.8 cm³/mol. The van der Waals surface area contributed by atoms with Crippen LogP contribution in [0, 0.1) is 5.41 Å². The van der Waals surface area contributed by atoms with Gasteiger partial charge in [-0.25, -0.2) is 13.1 Å². The molecule has 0 radical (unpaired) electrons. The molecule has 0 bridgehead atoms. The van der Waals surface area contributed by atoms with Crippen LogP contribution in [0.5, 0.6) is 0 Å². The van der Waals surface area contributed by atoms with Crippen LogP contribution in [0.1, 0.15) is 53.4 Å². The number of sulfonamides is 1. The van der Waals surface area contributed by atoms with Crippen LogP contribution in [0.15, 0.2) is 0 Å². The van der Waals surface area contributed by atoms with E-state index in [0.717, 1.165) is 12.8 Å². The standard InChI is InChI=1S/C12H23NO4S/c1-11(2,3)18(16,17)13-9-7-5-6-8-12(9,4)10(14)15/h9,13H,5-8H2,1-4H3,(H,14,15). The molecule has 1 fully saturated rings. The first-order valence-corrected chi connectivity index (χ1v) is 7.74. The van der Waals surface area contributed by atoms with Crippen LogP contribution in [0.4, 0.5) is 0 Å². The van der Waals surface area contributed by atoms with Crippen LogP contribution >= 0.6 is 0 Å². The molecule has 5 nitrogen and oxygen atoms in total. The molecule has 18 heavy (non-hydrogen) atoms. The summed E-state index contributed by atoms with van der Waals surface area (Å²) in [5.74, 6) is -0.927. The molecule has 2 atom stereocenters. The lowest BCUT2D eigenvalue weighted by Crippen LogP contribution is -2.55. The fraction of sp³-hybridized carbons (Fsp3) is 0.917. The first-order valence-electron chi connectivity index (χ1n) is 6.26. The van der Waals surface area contributed by atoms with Crippen molar-refractivity contribution in [1.82, 2.24) is 4.72 Å². The van der Waals surface area contributed by atoms with E-state index in [1.807, 2.05) is 0 Å². The number of rotatable bonds is 3. The first kappa shape index (κ1) is 15.4. The van der Waals surface area contributed by atoms with Crippen LogP contribution in [0.2, 0.25) is 0 Å².